The molecule has 2 N–H and O–H groups in total. The number of likely N-dealkylation sites (N-methyl/N-ethyl adjacent to an activating group) is 1. The first-order valence-electron chi connectivity index (χ1n) is 7.71. The number of aliphatic hydroxyl groups is 1. The number of hydrogen-bond acceptors (Lipinski definition) is 4. The minimum absolute atomic E-state index is 0.0499. The Morgan fingerprint density at radius 1 is 1.45 bits per heavy atom. The van der Waals surface area contributed by atoms with Gasteiger partial charge in [-0.2, -0.15) is 0 Å². The highest BCUT2D eigenvalue weighted by atomic mass is 16.5. The molecule has 5 nitrogen and oxygen atoms in total. The fraction of sp³-hybridized carbons (Fsp3) is 0.933. The molecular weight excluding hydrogens is 256 g/mol. The van der Waals surface area contributed by atoms with Gasteiger partial charge < -0.3 is 15.2 Å². The van der Waals surface area contributed by atoms with Crippen LogP contribution in [-0.2, 0) is 9.53 Å². The van der Waals surface area contributed by atoms with Gasteiger partial charge in [-0.3, -0.25) is 9.69 Å². The molecule has 118 valence electrons. The van der Waals surface area contributed by atoms with Gasteiger partial charge in [-0.05, 0) is 39.2 Å². The van der Waals surface area contributed by atoms with E-state index in [4.69, 9.17) is 4.74 Å². The zero-order valence-electron chi connectivity index (χ0n) is 13.1. The van der Waals surface area contributed by atoms with Crippen LogP contribution in [-0.4, -0.2) is 61.9 Å². The molecule has 0 aromatic carbocycles. The number of methoxy groups -OCH3 is 1. The number of carbonyl (C=O) groups excluding carboxylic acids is 1. The number of nitrogens with zero attached hydrogens (tertiary/aromatic N) is 1. The molecule has 0 heterocycles. The van der Waals surface area contributed by atoms with Crippen LogP contribution in [0.1, 0.15) is 39.0 Å². The molecule has 3 atom stereocenters. The maximum absolute atomic E-state index is 12.0. The fourth-order valence-corrected chi connectivity index (χ4v) is 2.71. The molecular formula is C15H30N2O3. The summed E-state index contributed by atoms with van der Waals surface area (Å²) >= 11 is 0. The number of aliphatic hydroxyl groups excluding tert-OH is 1. The van der Waals surface area contributed by atoms with Gasteiger partial charge >= 0.3 is 0 Å². The SMILES string of the molecule is COCCCNC(=O)C(C)N(C)CC1CCCCC1O. The minimum Gasteiger partial charge on any atom is -0.393 e. The average molecular weight is 286 g/mol. The van der Waals surface area contributed by atoms with Crippen molar-refractivity contribution >= 4 is 5.91 Å². The first-order chi connectivity index (χ1) is 9.56. The van der Waals surface area contributed by atoms with Crippen molar-refractivity contribution in [3.8, 4) is 0 Å². The van der Waals surface area contributed by atoms with Crippen LogP contribution in [0.25, 0.3) is 0 Å². The number of carbonyl (C=O) groups is 1. The highest BCUT2D eigenvalue weighted by Gasteiger charge is 2.27. The molecule has 3 unspecified atom stereocenters. The van der Waals surface area contributed by atoms with Crippen LogP contribution in [0.4, 0.5) is 0 Å². The second kappa shape index (κ2) is 9.32. The van der Waals surface area contributed by atoms with Gasteiger partial charge in [0, 0.05) is 26.8 Å². The summed E-state index contributed by atoms with van der Waals surface area (Å²) in [5, 5.41) is 12.9. The summed E-state index contributed by atoms with van der Waals surface area (Å²) in [6.45, 7) is 4.02. The molecule has 5 heteroatoms. The second-order valence-corrected chi connectivity index (χ2v) is 5.86. The van der Waals surface area contributed by atoms with Crippen molar-refractivity contribution in [1.82, 2.24) is 10.2 Å². The van der Waals surface area contributed by atoms with Crippen molar-refractivity contribution < 1.29 is 14.6 Å². The van der Waals surface area contributed by atoms with Crippen molar-refractivity contribution in [3.63, 3.8) is 0 Å². The quantitative estimate of drug-likeness (QED) is 0.654. The van der Waals surface area contributed by atoms with E-state index in [0.29, 0.717) is 19.1 Å². The summed E-state index contributed by atoms with van der Waals surface area (Å²) in [5.74, 6) is 0.353. The molecule has 1 saturated carbocycles. The summed E-state index contributed by atoms with van der Waals surface area (Å²) in [5.41, 5.74) is 0. The summed E-state index contributed by atoms with van der Waals surface area (Å²) in [6, 6.07) is -0.160. The van der Waals surface area contributed by atoms with E-state index in [-0.39, 0.29) is 18.1 Å². The molecule has 0 spiro atoms. The molecule has 1 aliphatic rings. The lowest BCUT2D eigenvalue weighted by molar-refractivity contribution is -0.126. The van der Waals surface area contributed by atoms with Crippen LogP contribution >= 0.6 is 0 Å². The molecule has 0 aromatic heterocycles. The maximum atomic E-state index is 12.0. The largest absolute Gasteiger partial charge is 0.393 e. The highest BCUT2D eigenvalue weighted by Crippen LogP contribution is 2.25. The Bertz CT molecular complexity index is 286. The van der Waals surface area contributed by atoms with Gasteiger partial charge in [0.2, 0.25) is 5.91 Å². The van der Waals surface area contributed by atoms with E-state index in [1.165, 1.54) is 6.42 Å². The molecule has 0 aromatic rings. The maximum Gasteiger partial charge on any atom is 0.237 e. The topological polar surface area (TPSA) is 61.8 Å². The minimum atomic E-state index is -0.205. The Kier molecular flexibility index (Phi) is 8.11. The molecule has 20 heavy (non-hydrogen) atoms. The Hall–Kier alpha value is -0.650. The van der Waals surface area contributed by atoms with Crippen molar-refractivity contribution in [1.29, 1.82) is 0 Å². The summed E-state index contributed by atoms with van der Waals surface area (Å²) in [6.07, 6.45) is 4.90. The van der Waals surface area contributed by atoms with E-state index in [2.05, 4.69) is 5.32 Å². The third kappa shape index (κ3) is 5.77. The van der Waals surface area contributed by atoms with E-state index < -0.39 is 0 Å². The summed E-state index contributed by atoms with van der Waals surface area (Å²) < 4.78 is 4.95. The smallest absolute Gasteiger partial charge is 0.237 e. The number of ether oxygens (including phenoxy) is 1. The molecule has 1 aliphatic carbocycles. The number of amides is 1. The molecule has 1 rings (SSSR count). The van der Waals surface area contributed by atoms with Crippen LogP contribution < -0.4 is 5.32 Å². The Morgan fingerprint density at radius 2 is 2.15 bits per heavy atom. The normalized spacial score (nSPS) is 24.6. The first kappa shape index (κ1) is 17.4. The number of hydrogen-bond donors (Lipinski definition) is 2. The molecule has 0 bridgehead atoms. The lowest BCUT2D eigenvalue weighted by Crippen LogP contribution is -2.46. The lowest BCUT2D eigenvalue weighted by atomic mass is 9.86. The van der Waals surface area contributed by atoms with E-state index in [1.54, 1.807) is 7.11 Å². The Balaban J connectivity index is 2.29. The monoisotopic (exact) mass is 286 g/mol. The molecule has 0 saturated heterocycles. The van der Waals surface area contributed by atoms with Crippen molar-refractivity contribution in [2.24, 2.45) is 5.92 Å². The standard InChI is InChI=1S/C15H30N2O3/c1-12(15(19)16-9-6-10-20-3)17(2)11-13-7-4-5-8-14(13)18/h12-14,18H,4-11H2,1-3H3,(H,16,19). The first-order valence-corrected chi connectivity index (χ1v) is 7.71. The van der Waals surface area contributed by atoms with Gasteiger partial charge in [0.1, 0.15) is 0 Å². The van der Waals surface area contributed by atoms with Crippen LogP contribution in [0, 0.1) is 5.92 Å². The van der Waals surface area contributed by atoms with E-state index in [0.717, 1.165) is 32.2 Å². The van der Waals surface area contributed by atoms with Gasteiger partial charge in [0.05, 0.1) is 12.1 Å². The predicted octanol–water partition coefficient (Wildman–Crippen LogP) is 1.01. The van der Waals surface area contributed by atoms with Crippen molar-refractivity contribution in [3.05, 3.63) is 0 Å². The van der Waals surface area contributed by atoms with Crippen LogP contribution in [0.5, 0.6) is 0 Å². The van der Waals surface area contributed by atoms with Crippen LogP contribution in [0.2, 0.25) is 0 Å². The third-order valence-corrected chi connectivity index (χ3v) is 4.26. The Morgan fingerprint density at radius 3 is 2.80 bits per heavy atom. The second-order valence-electron chi connectivity index (χ2n) is 5.86. The van der Waals surface area contributed by atoms with Gasteiger partial charge in [-0.1, -0.05) is 12.8 Å². The van der Waals surface area contributed by atoms with Crippen molar-refractivity contribution in [2.75, 3.05) is 33.9 Å². The van der Waals surface area contributed by atoms with Gasteiger partial charge in [0.25, 0.3) is 0 Å². The molecule has 0 radical (unpaired) electrons. The van der Waals surface area contributed by atoms with Crippen LogP contribution in [0.15, 0.2) is 0 Å². The van der Waals surface area contributed by atoms with Crippen molar-refractivity contribution in [2.45, 2.75) is 51.2 Å². The number of rotatable bonds is 8. The third-order valence-electron chi connectivity index (χ3n) is 4.26. The highest BCUT2D eigenvalue weighted by molar-refractivity contribution is 5.81. The van der Waals surface area contributed by atoms with E-state index in [9.17, 15) is 9.90 Å². The zero-order valence-corrected chi connectivity index (χ0v) is 13.1. The van der Waals surface area contributed by atoms with Gasteiger partial charge in [-0.25, -0.2) is 0 Å². The fourth-order valence-electron chi connectivity index (χ4n) is 2.71. The van der Waals surface area contributed by atoms with Crippen LogP contribution in [0.3, 0.4) is 0 Å². The van der Waals surface area contributed by atoms with E-state index >= 15 is 0 Å². The molecule has 1 amide bonds. The van der Waals surface area contributed by atoms with Gasteiger partial charge in [-0.15, -0.1) is 0 Å². The zero-order chi connectivity index (χ0) is 15.0. The number of nitrogens with one attached hydrogen (secondary N) is 1. The van der Waals surface area contributed by atoms with E-state index in [1.807, 2.05) is 18.9 Å². The summed E-state index contributed by atoms with van der Waals surface area (Å²) in [4.78, 5) is 14.1. The Labute approximate surface area is 122 Å². The van der Waals surface area contributed by atoms with Gasteiger partial charge in [0.15, 0.2) is 0 Å². The molecule has 1 fully saturated rings. The predicted molar refractivity (Wildman–Crippen MR) is 79.6 cm³/mol. The molecule has 0 aliphatic heterocycles. The summed E-state index contributed by atoms with van der Waals surface area (Å²) in [7, 11) is 3.62. The average Bonchev–Trinajstić information content (AvgIpc) is 2.45. The lowest BCUT2D eigenvalue weighted by Gasteiger charge is -2.33.